The van der Waals surface area contributed by atoms with E-state index in [1.54, 1.807) is 30.9 Å². The number of carbonyl (C=O) groups is 2. The lowest BCUT2D eigenvalue weighted by atomic mass is 9.91. The zero-order valence-electron chi connectivity index (χ0n) is 13.1. The summed E-state index contributed by atoms with van der Waals surface area (Å²) in [4.78, 5) is 25.0. The predicted octanol–water partition coefficient (Wildman–Crippen LogP) is 2.86. The summed E-state index contributed by atoms with van der Waals surface area (Å²) in [5.41, 5.74) is 2.01. The third kappa shape index (κ3) is 3.00. The van der Waals surface area contributed by atoms with E-state index < -0.39 is 5.97 Å². The molecule has 1 aromatic rings. The second-order valence-corrected chi connectivity index (χ2v) is 5.10. The first-order chi connectivity index (χ1) is 10.5. The number of amides is 1. The van der Waals surface area contributed by atoms with E-state index >= 15 is 0 Å². The molecule has 120 valence electrons. The molecule has 1 N–H and O–H groups in total. The molecular weight excluding hydrogens is 286 g/mol. The van der Waals surface area contributed by atoms with Crippen LogP contribution in [0.15, 0.2) is 12.1 Å². The van der Waals surface area contributed by atoms with E-state index in [1.165, 1.54) is 0 Å². The van der Waals surface area contributed by atoms with Gasteiger partial charge >= 0.3 is 12.1 Å². The van der Waals surface area contributed by atoms with Gasteiger partial charge in [-0.05, 0) is 50.5 Å². The van der Waals surface area contributed by atoms with Gasteiger partial charge in [0.1, 0.15) is 11.3 Å². The van der Waals surface area contributed by atoms with Crippen LogP contribution >= 0.6 is 0 Å². The van der Waals surface area contributed by atoms with Gasteiger partial charge in [-0.15, -0.1) is 0 Å². The first kappa shape index (κ1) is 16.1. The highest BCUT2D eigenvalue weighted by Crippen LogP contribution is 2.34. The molecule has 0 saturated carbocycles. The van der Waals surface area contributed by atoms with Crippen LogP contribution in [0.1, 0.15) is 48.3 Å². The van der Waals surface area contributed by atoms with Crippen LogP contribution in [0, 0.1) is 0 Å². The molecule has 0 spiro atoms. The van der Waals surface area contributed by atoms with Crippen molar-refractivity contribution in [1.29, 1.82) is 0 Å². The molecule has 1 aliphatic heterocycles. The molecule has 1 aromatic carbocycles. The molecule has 22 heavy (non-hydrogen) atoms. The van der Waals surface area contributed by atoms with Crippen molar-refractivity contribution >= 4 is 12.1 Å². The number of hydrogen-bond acceptors (Lipinski definition) is 4. The van der Waals surface area contributed by atoms with Crippen LogP contribution in [-0.2, 0) is 11.2 Å². The van der Waals surface area contributed by atoms with Crippen molar-refractivity contribution < 1.29 is 24.2 Å². The van der Waals surface area contributed by atoms with Gasteiger partial charge in [0.05, 0.1) is 19.3 Å². The summed E-state index contributed by atoms with van der Waals surface area (Å²) in [6, 6.07) is 3.21. The molecule has 1 unspecified atom stereocenters. The Bertz CT molecular complexity index is 584. The van der Waals surface area contributed by atoms with E-state index in [1.807, 2.05) is 6.92 Å². The molecule has 1 atom stereocenters. The average molecular weight is 307 g/mol. The van der Waals surface area contributed by atoms with Crippen LogP contribution in [0.2, 0.25) is 0 Å². The van der Waals surface area contributed by atoms with Crippen LogP contribution in [0.25, 0.3) is 0 Å². The van der Waals surface area contributed by atoms with E-state index in [0.717, 1.165) is 11.1 Å². The topological polar surface area (TPSA) is 76.1 Å². The first-order valence-electron chi connectivity index (χ1n) is 7.45. The minimum absolute atomic E-state index is 0.164. The molecule has 6 heteroatoms. The summed E-state index contributed by atoms with van der Waals surface area (Å²) in [6.07, 6.45) is 0.256. The van der Waals surface area contributed by atoms with Crippen molar-refractivity contribution in [1.82, 2.24) is 4.90 Å². The number of carboxylic acid groups (broad SMARTS) is 1. The van der Waals surface area contributed by atoms with Crippen molar-refractivity contribution in [2.45, 2.75) is 33.2 Å². The van der Waals surface area contributed by atoms with Gasteiger partial charge in [0.2, 0.25) is 0 Å². The maximum absolute atomic E-state index is 12.0. The van der Waals surface area contributed by atoms with Gasteiger partial charge in [-0.1, -0.05) is 0 Å². The molecule has 0 bridgehead atoms. The standard InChI is InChI=1S/C16H21NO5/c1-4-21-14-9-12-10(3)17(16(20)22-5-2)7-6-11(12)8-13(14)15(18)19/h8-10H,4-7H2,1-3H3,(H,18,19). The van der Waals surface area contributed by atoms with E-state index in [4.69, 9.17) is 9.47 Å². The number of fused-ring (bicyclic) bond motifs is 1. The minimum atomic E-state index is -1.01. The Morgan fingerprint density at radius 2 is 2.05 bits per heavy atom. The van der Waals surface area contributed by atoms with E-state index in [-0.39, 0.29) is 17.7 Å². The predicted molar refractivity (Wildman–Crippen MR) is 80.4 cm³/mol. The Labute approximate surface area is 129 Å². The third-order valence-corrected chi connectivity index (χ3v) is 3.81. The molecule has 0 aliphatic carbocycles. The van der Waals surface area contributed by atoms with Crippen LogP contribution in [-0.4, -0.2) is 41.8 Å². The fourth-order valence-electron chi connectivity index (χ4n) is 2.75. The molecule has 6 nitrogen and oxygen atoms in total. The molecule has 1 heterocycles. The van der Waals surface area contributed by atoms with Gasteiger partial charge in [-0.25, -0.2) is 9.59 Å². The van der Waals surface area contributed by atoms with Gasteiger partial charge in [0.15, 0.2) is 0 Å². The lowest BCUT2D eigenvalue weighted by molar-refractivity contribution is 0.0690. The Morgan fingerprint density at radius 1 is 1.32 bits per heavy atom. The van der Waals surface area contributed by atoms with Crippen molar-refractivity contribution in [3.8, 4) is 5.75 Å². The fourth-order valence-corrected chi connectivity index (χ4v) is 2.75. The molecule has 2 rings (SSSR count). The zero-order valence-corrected chi connectivity index (χ0v) is 13.1. The smallest absolute Gasteiger partial charge is 0.410 e. The lowest BCUT2D eigenvalue weighted by Crippen LogP contribution is -2.39. The van der Waals surface area contributed by atoms with Crippen molar-refractivity contribution in [3.05, 3.63) is 28.8 Å². The largest absolute Gasteiger partial charge is 0.493 e. The number of carboxylic acids is 1. The SMILES string of the molecule is CCOC(=O)N1CCc2cc(C(=O)O)c(OCC)cc2C1C. The highest BCUT2D eigenvalue weighted by Gasteiger charge is 2.30. The maximum Gasteiger partial charge on any atom is 0.410 e. The van der Waals surface area contributed by atoms with Gasteiger partial charge < -0.3 is 19.5 Å². The van der Waals surface area contributed by atoms with E-state index in [0.29, 0.717) is 31.9 Å². The molecular formula is C16H21NO5. The number of ether oxygens (including phenoxy) is 2. The Kier molecular flexibility index (Phi) is 4.90. The number of carbonyl (C=O) groups excluding carboxylic acids is 1. The fraction of sp³-hybridized carbons (Fsp3) is 0.500. The van der Waals surface area contributed by atoms with E-state index in [9.17, 15) is 14.7 Å². The van der Waals surface area contributed by atoms with Gasteiger partial charge in [0, 0.05) is 6.54 Å². The van der Waals surface area contributed by atoms with Crippen LogP contribution in [0.5, 0.6) is 5.75 Å². The number of aromatic carboxylic acids is 1. The Hall–Kier alpha value is -2.24. The maximum atomic E-state index is 12.0. The number of benzene rings is 1. The van der Waals surface area contributed by atoms with Crippen molar-refractivity contribution in [3.63, 3.8) is 0 Å². The third-order valence-electron chi connectivity index (χ3n) is 3.81. The monoisotopic (exact) mass is 307 g/mol. The zero-order chi connectivity index (χ0) is 16.3. The Morgan fingerprint density at radius 3 is 2.64 bits per heavy atom. The van der Waals surface area contributed by atoms with E-state index in [2.05, 4.69) is 0 Å². The highest BCUT2D eigenvalue weighted by molar-refractivity contribution is 5.91. The molecule has 0 radical (unpaired) electrons. The summed E-state index contributed by atoms with van der Waals surface area (Å²) in [5, 5.41) is 9.31. The molecule has 1 amide bonds. The Balaban J connectivity index is 2.39. The van der Waals surface area contributed by atoms with Crippen LogP contribution < -0.4 is 4.74 Å². The van der Waals surface area contributed by atoms with Crippen LogP contribution in [0.4, 0.5) is 4.79 Å². The summed E-state index contributed by atoms with van der Waals surface area (Å²) in [7, 11) is 0. The lowest BCUT2D eigenvalue weighted by Gasteiger charge is -2.34. The first-order valence-corrected chi connectivity index (χ1v) is 7.45. The average Bonchev–Trinajstić information content (AvgIpc) is 2.48. The summed E-state index contributed by atoms with van der Waals surface area (Å²) in [6.45, 7) is 6.71. The molecule has 0 aromatic heterocycles. The van der Waals surface area contributed by atoms with Gasteiger partial charge in [-0.2, -0.15) is 0 Å². The number of hydrogen-bond donors (Lipinski definition) is 1. The molecule has 0 saturated heterocycles. The van der Waals surface area contributed by atoms with Gasteiger partial charge in [0.25, 0.3) is 0 Å². The number of nitrogens with zero attached hydrogens (tertiary/aromatic N) is 1. The second kappa shape index (κ2) is 6.68. The summed E-state index contributed by atoms with van der Waals surface area (Å²) in [5.74, 6) is -0.668. The quantitative estimate of drug-likeness (QED) is 0.925. The summed E-state index contributed by atoms with van der Waals surface area (Å²) < 4.78 is 10.5. The normalized spacial score (nSPS) is 16.9. The highest BCUT2D eigenvalue weighted by atomic mass is 16.6. The second-order valence-electron chi connectivity index (χ2n) is 5.10. The van der Waals surface area contributed by atoms with Crippen LogP contribution in [0.3, 0.4) is 0 Å². The molecule has 0 fully saturated rings. The van der Waals surface area contributed by atoms with Gasteiger partial charge in [-0.3, -0.25) is 0 Å². The molecule has 1 aliphatic rings. The van der Waals surface area contributed by atoms with Crippen molar-refractivity contribution in [2.75, 3.05) is 19.8 Å². The van der Waals surface area contributed by atoms with Crippen molar-refractivity contribution in [2.24, 2.45) is 0 Å². The summed E-state index contributed by atoms with van der Waals surface area (Å²) >= 11 is 0. The minimum Gasteiger partial charge on any atom is -0.493 e. The number of rotatable bonds is 4.